The molecule has 0 aliphatic heterocycles. The maximum Gasteiger partial charge on any atom is 0.277 e. The highest BCUT2D eigenvalue weighted by Gasteiger charge is 2.12. The number of carbonyl (C=O) groups excluding carboxylic acids is 1. The third-order valence-electron chi connectivity index (χ3n) is 3.62. The molecule has 134 valence electrons. The molecule has 0 atom stereocenters. The molecule has 0 spiro atoms. The smallest absolute Gasteiger partial charge is 0.277 e. The lowest BCUT2D eigenvalue weighted by Crippen LogP contribution is -1.99. The van der Waals surface area contributed by atoms with Gasteiger partial charge in [0, 0.05) is 22.4 Å². The van der Waals surface area contributed by atoms with Gasteiger partial charge in [0.15, 0.2) is 5.78 Å². The van der Waals surface area contributed by atoms with Crippen LogP contribution in [0.1, 0.15) is 29.8 Å². The fourth-order valence-electron chi connectivity index (χ4n) is 2.32. The molecule has 0 amide bonds. The summed E-state index contributed by atoms with van der Waals surface area (Å²) in [6.07, 6.45) is 0. The Balaban J connectivity index is 1.75. The van der Waals surface area contributed by atoms with Crippen LogP contribution in [0.2, 0.25) is 0 Å². The number of ketones is 1. The van der Waals surface area contributed by atoms with Crippen molar-refractivity contribution in [3.05, 3.63) is 59.4 Å². The molecule has 26 heavy (non-hydrogen) atoms. The van der Waals surface area contributed by atoms with Gasteiger partial charge in [0.05, 0.1) is 6.61 Å². The summed E-state index contributed by atoms with van der Waals surface area (Å²) in [6, 6.07) is 11.2. The summed E-state index contributed by atoms with van der Waals surface area (Å²) in [5.74, 6) is 1.24. The SMILES string of the molecule is CCOc1ccc(C(C)=O)cc1CSc1nnc(-c2ccc(F)cc2)o1. The van der Waals surface area contributed by atoms with Gasteiger partial charge in [-0.15, -0.1) is 10.2 Å². The molecule has 7 heteroatoms. The van der Waals surface area contributed by atoms with Crippen LogP contribution in [0.15, 0.2) is 52.1 Å². The van der Waals surface area contributed by atoms with Crippen molar-refractivity contribution in [3.63, 3.8) is 0 Å². The van der Waals surface area contributed by atoms with Gasteiger partial charge >= 0.3 is 0 Å². The normalized spacial score (nSPS) is 10.7. The van der Waals surface area contributed by atoms with E-state index in [9.17, 15) is 9.18 Å². The molecule has 0 bridgehead atoms. The molecule has 2 aromatic carbocycles. The zero-order valence-electron chi connectivity index (χ0n) is 14.4. The first-order valence-corrected chi connectivity index (χ1v) is 9.04. The van der Waals surface area contributed by atoms with Gasteiger partial charge in [0.2, 0.25) is 5.89 Å². The van der Waals surface area contributed by atoms with Crippen molar-refractivity contribution < 1.29 is 18.3 Å². The molecule has 0 N–H and O–H groups in total. The van der Waals surface area contributed by atoms with Gasteiger partial charge in [-0.05, 0) is 56.3 Å². The summed E-state index contributed by atoms with van der Waals surface area (Å²) in [7, 11) is 0. The molecule has 0 radical (unpaired) electrons. The Morgan fingerprint density at radius 3 is 2.65 bits per heavy atom. The van der Waals surface area contributed by atoms with Gasteiger partial charge in [-0.3, -0.25) is 4.79 Å². The highest BCUT2D eigenvalue weighted by molar-refractivity contribution is 7.98. The molecule has 5 nitrogen and oxygen atoms in total. The van der Waals surface area contributed by atoms with E-state index in [2.05, 4.69) is 10.2 Å². The van der Waals surface area contributed by atoms with Crippen molar-refractivity contribution in [2.24, 2.45) is 0 Å². The summed E-state index contributed by atoms with van der Waals surface area (Å²) < 4.78 is 24.2. The number of nitrogens with zero attached hydrogens (tertiary/aromatic N) is 2. The van der Waals surface area contributed by atoms with Crippen molar-refractivity contribution in [3.8, 4) is 17.2 Å². The first-order valence-electron chi connectivity index (χ1n) is 8.05. The molecule has 0 aliphatic rings. The third-order valence-corrected chi connectivity index (χ3v) is 4.48. The Bertz CT molecular complexity index is 909. The molecule has 3 aromatic rings. The minimum atomic E-state index is -0.323. The predicted octanol–water partition coefficient (Wildman–Crippen LogP) is 4.77. The fourth-order valence-corrected chi connectivity index (χ4v) is 3.07. The topological polar surface area (TPSA) is 65.2 Å². The van der Waals surface area contributed by atoms with Crippen LogP contribution < -0.4 is 4.74 Å². The second kappa shape index (κ2) is 8.14. The number of hydrogen-bond acceptors (Lipinski definition) is 6. The van der Waals surface area contributed by atoms with E-state index in [1.165, 1.54) is 30.8 Å². The number of hydrogen-bond donors (Lipinski definition) is 0. The second-order valence-electron chi connectivity index (χ2n) is 5.48. The van der Waals surface area contributed by atoms with Crippen LogP contribution in [-0.4, -0.2) is 22.6 Å². The Hall–Kier alpha value is -2.67. The van der Waals surface area contributed by atoms with Crippen molar-refractivity contribution in [1.82, 2.24) is 10.2 Å². The largest absolute Gasteiger partial charge is 0.494 e. The first kappa shape index (κ1) is 18.1. The standard InChI is InChI=1S/C19H17FN2O3S/c1-3-24-17-9-6-14(12(2)23)10-15(17)11-26-19-22-21-18(25-19)13-4-7-16(20)8-5-13/h4-10H,3,11H2,1-2H3. The summed E-state index contributed by atoms with van der Waals surface area (Å²) in [5.41, 5.74) is 2.16. The van der Waals surface area contributed by atoms with E-state index < -0.39 is 0 Å². The average molecular weight is 372 g/mol. The van der Waals surface area contributed by atoms with E-state index in [0.717, 1.165) is 11.3 Å². The number of benzene rings is 2. The Labute approximate surface area is 154 Å². The molecule has 0 saturated carbocycles. The number of carbonyl (C=O) groups is 1. The second-order valence-corrected chi connectivity index (χ2v) is 6.41. The predicted molar refractivity (Wildman–Crippen MR) is 96.9 cm³/mol. The number of thioether (sulfide) groups is 1. The van der Waals surface area contributed by atoms with Crippen molar-refractivity contribution in [1.29, 1.82) is 0 Å². The first-order chi connectivity index (χ1) is 12.6. The monoisotopic (exact) mass is 372 g/mol. The maximum atomic E-state index is 13.0. The number of halogens is 1. The van der Waals surface area contributed by atoms with Crippen LogP contribution in [0.25, 0.3) is 11.5 Å². The molecule has 0 aliphatic carbocycles. The van der Waals surface area contributed by atoms with Gasteiger partial charge in [0.25, 0.3) is 5.22 Å². The number of rotatable bonds is 7. The summed E-state index contributed by atoms with van der Waals surface area (Å²) in [5, 5.41) is 8.38. The number of ether oxygens (including phenoxy) is 1. The van der Waals surface area contributed by atoms with Crippen molar-refractivity contribution >= 4 is 17.5 Å². The summed E-state index contributed by atoms with van der Waals surface area (Å²) in [6.45, 7) is 3.97. The Kier molecular flexibility index (Phi) is 5.68. The van der Waals surface area contributed by atoms with E-state index in [-0.39, 0.29) is 11.6 Å². The van der Waals surface area contributed by atoms with Crippen LogP contribution in [0.4, 0.5) is 4.39 Å². The molecule has 0 unspecified atom stereocenters. The van der Waals surface area contributed by atoms with Crippen LogP contribution in [0.3, 0.4) is 0 Å². The summed E-state index contributed by atoms with van der Waals surface area (Å²) >= 11 is 1.35. The zero-order chi connectivity index (χ0) is 18.5. The zero-order valence-corrected chi connectivity index (χ0v) is 15.2. The molecule has 0 saturated heterocycles. The van der Waals surface area contributed by atoms with Crippen LogP contribution in [-0.2, 0) is 5.75 Å². The van der Waals surface area contributed by atoms with E-state index >= 15 is 0 Å². The van der Waals surface area contributed by atoms with E-state index in [4.69, 9.17) is 9.15 Å². The maximum absolute atomic E-state index is 13.0. The van der Waals surface area contributed by atoms with Gasteiger partial charge in [-0.1, -0.05) is 11.8 Å². The van der Waals surface area contributed by atoms with Gasteiger partial charge < -0.3 is 9.15 Å². The van der Waals surface area contributed by atoms with E-state index in [1.807, 2.05) is 13.0 Å². The minimum Gasteiger partial charge on any atom is -0.494 e. The molecular weight excluding hydrogens is 355 g/mol. The highest BCUT2D eigenvalue weighted by atomic mass is 32.2. The van der Waals surface area contributed by atoms with E-state index in [0.29, 0.717) is 34.6 Å². The van der Waals surface area contributed by atoms with Gasteiger partial charge in [0.1, 0.15) is 11.6 Å². The lowest BCUT2D eigenvalue weighted by molar-refractivity contribution is 0.101. The average Bonchev–Trinajstić information content (AvgIpc) is 3.10. The molecule has 1 heterocycles. The molecular formula is C19H17FN2O3S. The quantitative estimate of drug-likeness (QED) is 0.440. The van der Waals surface area contributed by atoms with Crippen LogP contribution in [0.5, 0.6) is 5.75 Å². The lowest BCUT2D eigenvalue weighted by Gasteiger charge is -2.10. The molecule has 3 rings (SSSR count). The van der Waals surface area contributed by atoms with Crippen LogP contribution >= 0.6 is 11.8 Å². The van der Waals surface area contributed by atoms with Crippen molar-refractivity contribution in [2.75, 3.05) is 6.61 Å². The lowest BCUT2D eigenvalue weighted by atomic mass is 10.1. The Morgan fingerprint density at radius 2 is 1.96 bits per heavy atom. The van der Waals surface area contributed by atoms with Crippen molar-refractivity contribution in [2.45, 2.75) is 24.8 Å². The molecule has 1 aromatic heterocycles. The third kappa shape index (κ3) is 4.29. The number of aromatic nitrogens is 2. The fraction of sp³-hybridized carbons (Fsp3) is 0.211. The Morgan fingerprint density at radius 1 is 1.19 bits per heavy atom. The van der Waals surface area contributed by atoms with E-state index in [1.54, 1.807) is 24.3 Å². The minimum absolute atomic E-state index is 0.00400. The number of Topliss-reactive ketones (excluding diaryl/α,β-unsaturated/α-hetero) is 1. The van der Waals surface area contributed by atoms with Gasteiger partial charge in [-0.25, -0.2) is 4.39 Å². The summed E-state index contributed by atoms with van der Waals surface area (Å²) in [4.78, 5) is 11.6. The van der Waals surface area contributed by atoms with Gasteiger partial charge in [-0.2, -0.15) is 0 Å². The van der Waals surface area contributed by atoms with Crippen LogP contribution in [0, 0.1) is 5.82 Å². The highest BCUT2D eigenvalue weighted by Crippen LogP contribution is 2.30. The molecule has 0 fully saturated rings.